The lowest BCUT2D eigenvalue weighted by Crippen LogP contribution is -2.21. The van der Waals surface area contributed by atoms with Gasteiger partial charge in [0.05, 0.1) is 12.7 Å². The Morgan fingerprint density at radius 1 is 1.45 bits per heavy atom. The number of rotatable bonds is 3. The van der Waals surface area contributed by atoms with E-state index in [1.807, 2.05) is 0 Å². The van der Waals surface area contributed by atoms with Crippen LogP contribution in [0.4, 0.5) is 13.2 Å². The molecule has 0 rings (SSSR count). The van der Waals surface area contributed by atoms with Crippen LogP contribution in [-0.4, -0.2) is 25.7 Å². The third-order valence-corrected chi connectivity index (χ3v) is 1.00. The second kappa shape index (κ2) is 4.00. The van der Waals surface area contributed by atoms with E-state index in [2.05, 4.69) is 11.3 Å². The molecule has 0 fully saturated rings. The van der Waals surface area contributed by atoms with Crippen LogP contribution in [0.15, 0.2) is 12.2 Å². The van der Waals surface area contributed by atoms with Crippen LogP contribution in [0, 0.1) is 0 Å². The predicted octanol–water partition coefficient (Wildman–Crippen LogP) is 1.32. The number of hydrogen-bond donors (Lipinski definition) is 0. The van der Waals surface area contributed by atoms with Gasteiger partial charge in [-0.25, -0.2) is 18.0 Å². The quantitative estimate of drug-likeness (QED) is 0.469. The molecular formula is C6H7F3O2. The van der Waals surface area contributed by atoms with E-state index >= 15 is 0 Å². The third-order valence-electron chi connectivity index (χ3n) is 1.00. The molecule has 64 valence electrons. The summed E-state index contributed by atoms with van der Waals surface area (Å²) in [4.78, 5) is 10.4. The summed E-state index contributed by atoms with van der Waals surface area (Å²) >= 11 is 0. The van der Waals surface area contributed by atoms with Crippen LogP contribution in [-0.2, 0) is 9.53 Å². The maximum Gasteiger partial charge on any atom is 0.336 e. The molecule has 0 spiro atoms. The highest BCUT2D eigenvalue weighted by Crippen LogP contribution is 2.14. The van der Waals surface area contributed by atoms with Crippen molar-refractivity contribution < 1.29 is 22.7 Å². The van der Waals surface area contributed by atoms with Gasteiger partial charge in [0.1, 0.15) is 0 Å². The number of ether oxygens (including phenoxy) is 1. The van der Waals surface area contributed by atoms with Crippen molar-refractivity contribution in [2.24, 2.45) is 0 Å². The second-order valence-electron chi connectivity index (χ2n) is 1.75. The fourth-order valence-corrected chi connectivity index (χ4v) is 0.396. The van der Waals surface area contributed by atoms with Gasteiger partial charge >= 0.3 is 5.97 Å². The van der Waals surface area contributed by atoms with Crippen molar-refractivity contribution in [1.82, 2.24) is 0 Å². The Labute approximate surface area is 61.6 Å². The van der Waals surface area contributed by atoms with E-state index in [9.17, 15) is 18.0 Å². The standard InChI is InChI=1S/C6H7F3O2/c1-3(6(10)11-2)4(7)5(8)9/h4-5H,1H2,2H3. The maximum atomic E-state index is 12.2. The molecule has 0 aliphatic carbocycles. The monoisotopic (exact) mass is 168 g/mol. The summed E-state index contributed by atoms with van der Waals surface area (Å²) in [5, 5.41) is 0. The fraction of sp³-hybridized carbons (Fsp3) is 0.500. The number of methoxy groups -OCH3 is 1. The Kier molecular flexibility index (Phi) is 3.64. The molecule has 0 aliphatic heterocycles. The summed E-state index contributed by atoms with van der Waals surface area (Å²) in [5.74, 6) is -1.15. The Hall–Kier alpha value is -1.00. The molecule has 0 aromatic heterocycles. The van der Waals surface area contributed by atoms with Crippen molar-refractivity contribution in [2.75, 3.05) is 7.11 Å². The van der Waals surface area contributed by atoms with Crippen molar-refractivity contribution in [2.45, 2.75) is 12.6 Å². The molecule has 0 aliphatic rings. The first-order chi connectivity index (χ1) is 5.00. The maximum absolute atomic E-state index is 12.2. The summed E-state index contributed by atoms with van der Waals surface area (Å²) in [6.07, 6.45) is -5.87. The highest BCUT2D eigenvalue weighted by atomic mass is 19.3. The van der Waals surface area contributed by atoms with Crippen LogP contribution in [0.1, 0.15) is 0 Å². The van der Waals surface area contributed by atoms with Gasteiger partial charge in [-0.1, -0.05) is 6.58 Å². The molecule has 1 unspecified atom stereocenters. The van der Waals surface area contributed by atoms with Crippen molar-refractivity contribution in [1.29, 1.82) is 0 Å². The van der Waals surface area contributed by atoms with Gasteiger partial charge in [0.2, 0.25) is 0 Å². The van der Waals surface area contributed by atoms with Crippen LogP contribution in [0.2, 0.25) is 0 Å². The average molecular weight is 168 g/mol. The minimum Gasteiger partial charge on any atom is -0.466 e. The van der Waals surface area contributed by atoms with Gasteiger partial charge in [0.15, 0.2) is 6.17 Å². The Bertz CT molecular complexity index is 167. The molecule has 11 heavy (non-hydrogen) atoms. The number of esters is 1. The van der Waals surface area contributed by atoms with Gasteiger partial charge in [-0.05, 0) is 0 Å². The van der Waals surface area contributed by atoms with Gasteiger partial charge in [0, 0.05) is 0 Å². The smallest absolute Gasteiger partial charge is 0.336 e. The van der Waals surface area contributed by atoms with Crippen LogP contribution < -0.4 is 0 Å². The summed E-state index contributed by atoms with van der Waals surface area (Å²) in [5.41, 5.74) is -0.859. The Balaban J connectivity index is 4.14. The summed E-state index contributed by atoms with van der Waals surface area (Å²) in [6.45, 7) is 2.82. The zero-order valence-corrected chi connectivity index (χ0v) is 5.81. The number of carbonyl (C=O) groups is 1. The lowest BCUT2D eigenvalue weighted by molar-refractivity contribution is -0.137. The second-order valence-corrected chi connectivity index (χ2v) is 1.75. The van der Waals surface area contributed by atoms with Gasteiger partial charge < -0.3 is 4.74 Å². The van der Waals surface area contributed by atoms with Crippen molar-refractivity contribution >= 4 is 5.97 Å². The number of alkyl halides is 3. The SMILES string of the molecule is C=C(C(=O)OC)C(F)C(F)F. The summed E-state index contributed by atoms with van der Waals surface area (Å²) < 4.78 is 39.2. The summed E-state index contributed by atoms with van der Waals surface area (Å²) in [6, 6.07) is 0. The molecule has 0 N–H and O–H groups in total. The molecule has 0 aromatic rings. The van der Waals surface area contributed by atoms with E-state index in [-0.39, 0.29) is 0 Å². The molecule has 2 nitrogen and oxygen atoms in total. The topological polar surface area (TPSA) is 26.3 Å². The van der Waals surface area contributed by atoms with Gasteiger partial charge in [0.25, 0.3) is 6.43 Å². The third kappa shape index (κ3) is 2.61. The number of halogens is 3. The Morgan fingerprint density at radius 3 is 2.18 bits per heavy atom. The van der Waals surface area contributed by atoms with Crippen molar-refractivity contribution in [3.8, 4) is 0 Å². The van der Waals surface area contributed by atoms with E-state index in [4.69, 9.17) is 0 Å². The van der Waals surface area contributed by atoms with Crippen LogP contribution >= 0.6 is 0 Å². The average Bonchev–Trinajstić information content (AvgIpc) is 2.00. The van der Waals surface area contributed by atoms with E-state index in [0.29, 0.717) is 0 Å². The molecule has 0 aromatic carbocycles. The van der Waals surface area contributed by atoms with E-state index < -0.39 is 24.1 Å². The van der Waals surface area contributed by atoms with E-state index in [1.165, 1.54) is 0 Å². The molecule has 5 heteroatoms. The number of hydrogen-bond acceptors (Lipinski definition) is 2. The van der Waals surface area contributed by atoms with Crippen LogP contribution in [0.3, 0.4) is 0 Å². The van der Waals surface area contributed by atoms with Crippen molar-refractivity contribution in [3.05, 3.63) is 12.2 Å². The highest BCUT2D eigenvalue weighted by molar-refractivity contribution is 5.88. The first-order valence-electron chi connectivity index (χ1n) is 2.70. The largest absolute Gasteiger partial charge is 0.466 e. The minimum atomic E-state index is -3.23. The molecule has 1 atom stereocenters. The molecule has 0 amide bonds. The molecule has 0 heterocycles. The first-order valence-corrected chi connectivity index (χ1v) is 2.70. The summed E-state index contributed by atoms with van der Waals surface area (Å²) in [7, 11) is 0.964. The fourth-order valence-electron chi connectivity index (χ4n) is 0.396. The van der Waals surface area contributed by atoms with Crippen LogP contribution in [0.5, 0.6) is 0 Å². The molecule has 0 saturated heterocycles. The van der Waals surface area contributed by atoms with Gasteiger partial charge in [-0.3, -0.25) is 0 Å². The Morgan fingerprint density at radius 2 is 1.91 bits per heavy atom. The normalized spacial score (nSPS) is 12.8. The van der Waals surface area contributed by atoms with Crippen molar-refractivity contribution in [3.63, 3.8) is 0 Å². The molecule has 0 bridgehead atoms. The highest BCUT2D eigenvalue weighted by Gasteiger charge is 2.27. The lowest BCUT2D eigenvalue weighted by atomic mass is 10.2. The zero-order valence-electron chi connectivity index (χ0n) is 5.81. The molecule has 0 radical (unpaired) electrons. The van der Waals surface area contributed by atoms with Gasteiger partial charge in [-0.15, -0.1) is 0 Å². The number of carbonyl (C=O) groups excluding carboxylic acids is 1. The first kappa shape index (κ1) is 10.0. The predicted molar refractivity (Wildman–Crippen MR) is 32.1 cm³/mol. The molecular weight excluding hydrogens is 161 g/mol. The van der Waals surface area contributed by atoms with Gasteiger partial charge in [-0.2, -0.15) is 0 Å². The zero-order chi connectivity index (χ0) is 9.02. The lowest BCUT2D eigenvalue weighted by Gasteiger charge is -2.07. The minimum absolute atomic E-state index is 0.859. The van der Waals surface area contributed by atoms with E-state index in [1.54, 1.807) is 0 Å². The van der Waals surface area contributed by atoms with E-state index in [0.717, 1.165) is 7.11 Å². The molecule has 0 saturated carbocycles. The van der Waals surface area contributed by atoms with Crippen LogP contribution in [0.25, 0.3) is 0 Å².